The fourth-order valence-corrected chi connectivity index (χ4v) is 3.06. The molecule has 1 saturated carbocycles. The van der Waals surface area contributed by atoms with Crippen LogP contribution in [0.2, 0.25) is 0 Å². The van der Waals surface area contributed by atoms with Gasteiger partial charge in [-0.2, -0.15) is 0 Å². The summed E-state index contributed by atoms with van der Waals surface area (Å²) in [6.07, 6.45) is 4.21. The summed E-state index contributed by atoms with van der Waals surface area (Å²) in [5.74, 6) is 0. The largest absolute Gasteiger partial charge is 0.377 e. The van der Waals surface area contributed by atoms with Gasteiger partial charge in [-0.15, -0.1) is 0 Å². The number of rotatable bonds is 8. The first kappa shape index (κ1) is 15.2. The molecular formula is C15H31N3O. The van der Waals surface area contributed by atoms with Gasteiger partial charge in [0.05, 0.1) is 12.7 Å². The Kier molecular flexibility index (Phi) is 6.57. The molecule has 1 aliphatic carbocycles. The minimum Gasteiger partial charge on any atom is -0.377 e. The molecule has 1 aliphatic heterocycles. The second-order valence-corrected chi connectivity index (χ2v) is 5.90. The first-order valence-corrected chi connectivity index (χ1v) is 8.11. The molecule has 0 atom stereocenters. The maximum absolute atomic E-state index is 5.94. The molecule has 0 unspecified atom stereocenters. The Morgan fingerprint density at radius 3 is 2.21 bits per heavy atom. The summed E-state index contributed by atoms with van der Waals surface area (Å²) in [6.45, 7) is 13.7. The highest BCUT2D eigenvalue weighted by Gasteiger charge is 2.28. The highest BCUT2D eigenvalue weighted by atomic mass is 16.5. The Labute approximate surface area is 118 Å². The minimum absolute atomic E-state index is 0.519. The number of nitrogens with one attached hydrogen (secondary N) is 1. The molecule has 4 heteroatoms. The van der Waals surface area contributed by atoms with E-state index in [1.165, 1.54) is 52.0 Å². The Hall–Kier alpha value is -0.160. The predicted molar refractivity (Wildman–Crippen MR) is 79.6 cm³/mol. The average Bonchev–Trinajstić information content (AvgIpc) is 2.38. The molecular weight excluding hydrogens is 238 g/mol. The summed E-state index contributed by atoms with van der Waals surface area (Å²) in [5, 5.41) is 3.47. The van der Waals surface area contributed by atoms with Gasteiger partial charge >= 0.3 is 0 Å². The molecule has 0 amide bonds. The van der Waals surface area contributed by atoms with Gasteiger partial charge in [0, 0.05) is 38.8 Å². The van der Waals surface area contributed by atoms with E-state index in [4.69, 9.17) is 4.74 Å². The molecule has 2 rings (SSSR count). The Balaban J connectivity index is 1.47. The predicted octanol–water partition coefficient (Wildman–Crippen LogP) is 1.17. The summed E-state index contributed by atoms with van der Waals surface area (Å²) in [7, 11) is 0. The lowest BCUT2D eigenvalue weighted by Gasteiger charge is -2.37. The van der Waals surface area contributed by atoms with Gasteiger partial charge in [-0.25, -0.2) is 0 Å². The van der Waals surface area contributed by atoms with Crippen molar-refractivity contribution in [1.82, 2.24) is 15.1 Å². The van der Waals surface area contributed by atoms with Crippen LogP contribution in [0.25, 0.3) is 0 Å². The first-order valence-electron chi connectivity index (χ1n) is 8.11. The van der Waals surface area contributed by atoms with Crippen LogP contribution >= 0.6 is 0 Å². The van der Waals surface area contributed by atoms with Crippen molar-refractivity contribution in [1.29, 1.82) is 0 Å². The first-order chi connectivity index (χ1) is 9.31. The smallest absolute Gasteiger partial charge is 0.0605 e. The fourth-order valence-electron chi connectivity index (χ4n) is 3.06. The molecule has 19 heavy (non-hydrogen) atoms. The van der Waals surface area contributed by atoms with E-state index in [0.29, 0.717) is 12.1 Å². The van der Waals surface area contributed by atoms with Crippen LogP contribution in [-0.2, 0) is 4.74 Å². The molecule has 1 heterocycles. The monoisotopic (exact) mass is 269 g/mol. The van der Waals surface area contributed by atoms with Gasteiger partial charge in [0.1, 0.15) is 0 Å². The molecule has 0 aromatic carbocycles. The topological polar surface area (TPSA) is 27.7 Å². The van der Waals surface area contributed by atoms with Crippen molar-refractivity contribution in [3.05, 3.63) is 0 Å². The van der Waals surface area contributed by atoms with E-state index in [9.17, 15) is 0 Å². The van der Waals surface area contributed by atoms with Crippen LogP contribution in [0.4, 0.5) is 0 Å². The zero-order valence-electron chi connectivity index (χ0n) is 12.7. The van der Waals surface area contributed by atoms with Crippen LogP contribution in [-0.4, -0.2) is 74.4 Å². The highest BCUT2D eigenvalue weighted by Crippen LogP contribution is 2.23. The normalized spacial score (nSPS) is 29.4. The molecule has 0 radical (unpaired) electrons. The summed E-state index contributed by atoms with van der Waals surface area (Å²) in [6, 6.07) is 0.715. The van der Waals surface area contributed by atoms with Crippen molar-refractivity contribution in [2.45, 2.75) is 45.3 Å². The molecule has 1 saturated heterocycles. The quantitative estimate of drug-likeness (QED) is 0.716. The van der Waals surface area contributed by atoms with Crippen molar-refractivity contribution < 1.29 is 4.74 Å². The average molecular weight is 269 g/mol. The molecule has 4 nitrogen and oxygen atoms in total. The molecule has 0 spiro atoms. The van der Waals surface area contributed by atoms with E-state index in [0.717, 1.165) is 19.7 Å². The number of nitrogens with zero attached hydrogens (tertiary/aromatic N) is 2. The Morgan fingerprint density at radius 2 is 1.63 bits per heavy atom. The van der Waals surface area contributed by atoms with Gasteiger partial charge in [0.2, 0.25) is 0 Å². The third-order valence-corrected chi connectivity index (χ3v) is 4.35. The van der Waals surface area contributed by atoms with Crippen molar-refractivity contribution in [3.8, 4) is 0 Å². The van der Waals surface area contributed by atoms with Gasteiger partial charge in [0.15, 0.2) is 0 Å². The van der Waals surface area contributed by atoms with Gasteiger partial charge in [-0.3, -0.25) is 4.90 Å². The lowest BCUT2D eigenvalue weighted by atomic mass is 9.89. The summed E-state index contributed by atoms with van der Waals surface area (Å²) >= 11 is 0. The summed E-state index contributed by atoms with van der Waals surface area (Å²) < 4.78 is 5.94. The third kappa shape index (κ3) is 5.03. The Bertz CT molecular complexity index is 236. The van der Waals surface area contributed by atoms with E-state index < -0.39 is 0 Å². The van der Waals surface area contributed by atoms with Crippen LogP contribution < -0.4 is 5.32 Å². The molecule has 2 fully saturated rings. The highest BCUT2D eigenvalue weighted by molar-refractivity contribution is 4.85. The van der Waals surface area contributed by atoms with E-state index >= 15 is 0 Å². The molecule has 0 aromatic heterocycles. The van der Waals surface area contributed by atoms with Gasteiger partial charge in [-0.05, 0) is 32.4 Å². The molecule has 0 bridgehead atoms. The second kappa shape index (κ2) is 8.20. The third-order valence-electron chi connectivity index (χ3n) is 4.35. The van der Waals surface area contributed by atoms with Crippen molar-refractivity contribution >= 4 is 0 Å². The van der Waals surface area contributed by atoms with E-state index in [1.807, 2.05) is 0 Å². The zero-order chi connectivity index (χ0) is 13.5. The van der Waals surface area contributed by atoms with Gasteiger partial charge in [0.25, 0.3) is 0 Å². The van der Waals surface area contributed by atoms with Crippen LogP contribution in [0.15, 0.2) is 0 Å². The van der Waals surface area contributed by atoms with Gasteiger partial charge < -0.3 is 15.0 Å². The fraction of sp³-hybridized carbons (Fsp3) is 1.00. The molecule has 0 aromatic rings. The molecule has 1 N–H and O–H groups in total. The summed E-state index contributed by atoms with van der Waals surface area (Å²) in [5.41, 5.74) is 0. The van der Waals surface area contributed by atoms with Crippen molar-refractivity contribution in [2.75, 3.05) is 52.4 Å². The molecule has 2 aliphatic rings. The summed E-state index contributed by atoms with van der Waals surface area (Å²) in [4.78, 5) is 5.12. The van der Waals surface area contributed by atoms with Crippen molar-refractivity contribution in [2.24, 2.45) is 0 Å². The van der Waals surface area contributed by atoms with Crippen LogP contribution in [0.1, 0.15) is 33.1 Å². The van der Waals surface area contributed by atoms with E-state index in [-0.39, 0.29) is 0 Å². The van der Waals surface area contributed by atoms with Crippen LogP contribution in [0.3, 0.4) is 0 Å². The van der Waals surface area contributed by atoms with Crippen LogP contribution in [0.5, 0.6) is 0 Å². The maximum Gasteiger partial charge on any atom is 0.0605 e. The van der Waals surface area contributed by atoms with Crippen LogP contribution in [0, 0.1) is 0 Å². The zero-order valence-corrected chi connectivity index (χ0v) is 12.7. The SMILES string of the molecule is CCCN1CCN(CCO[C@H]2C[C@H](NCC)C2)CC1. The molecule has 112 valence electrons. The number of hydrogen-bond acceptors (Lipinski definition) is 4. The second-order valence-electron chi connectivity index (χ2n) is 5.90. The van der Waals surface area contributed by atoms with E-state index in [2.05, 4.69) is 29.0 Å². The van der Waals surface area contributed by atoms with Gasteiger partial charge in [-0.1, -0.05) is 13.8 Å². The lowest BCUT2D eigenvalue weighted by molar-refractivity contribution is -0.0274. The standard InChI is InChI=1S/C15H31N3O/c1-3-5-17-6-8-18(9-7-17)10-11-19-15-12-14(13-15)16-4-2/h14-16H,3-13H2,1-2H3/t14-,15-. The number of ether oxygens (including phenoxy) is 1. The van der Waals surface area contributed by atoms with Crippen molar-refractivity contribution in [3.63, 3.8) is 0 Å². The maximum atomic E-state index is 5.94. The number of piperazine rings is 1. The minimum atomic E-state index is 0.519. The Morgan fingerprint density at radius 1 is 1.00 bits per heavy atom. The number of hydrogen-bond donors (Lipinski definition) is 1. The van der Waals surface area contributed by atoms with E-state index in [1.54, 1.807) is 0 Å². The lowest BCUT2D eigenvalue weighted by Crippen LogP contribution is -2.48.